The van der Waals surface area contributed by atoms with Gasteiger partial charge in [-0.05, 0) is 25.0 Å². The minimum Gasteiger partial charge on any atom is -0.354 e. The third-order valence-corrected chi connectivity index (χ3v) is 4.88. The molecular formula is C20H21N5O. The van der Waals surface area contributed by atoms with E-state index >= 15 is 0 Å². The monoisotopic (exact) mass is 347 g/mol. The maximum Gasteiger partial charge on any atom is 0.203 e. The van der Waals surface area contributed by atoms with Crippen molar-refractivity contribution in [1.29, 1.82) is 0 Å². The van der Waals surface area contributed by atoms with Crippen molar-refractivity contribution in [2.45, 2.75) is 12.8 Å². The molecule has 1 atom stereocenters. The van der Waals surface area contributed by atoms with Gasteiger partial charge in [-0.2, -0.15) is 0 Å². The molecule has 1 aromatic carbocycles. The van der Waals surface area contributed by atoms with Crippen molar-refractivity contribution in [3.8, 4) is 11.3 Å². The second-order valence-electron chi connectivity index (χ2n) is 6.65. The summed E-state index contributed by atoms with van der Waals surface area (Å²) in [5.41, 5.74) is 1.90. The first-order valence-electron chi connectivity index (χ1n) is 8.88. The zero-order valence-corrected chi connectivity index (χ0v) is 14.7. The average Bonchev–Trinajstić information content (AvgIpc) is 3.14. The first-order valence-corrected chi connectivity index (χ1v) is 8.88. The number of benzene rings is 1. The van der Waals surface area contributed by atoms with E-state index in [4.69, 9.17) is 0 Å². The number of Topliss-reactive ketones (excluding diaryl/α,β-unsaturated/α-hetero) is 1. The number of carbonyl (C=O) groups is 1. The van der Waals surface area contributed by atoms with E-state index in [0.717, 1.165) is 36.5 Å². The number of imidazole rings is 1. The van der Waals surface area contributed by atoms with Gasteiger partial charge in [0.2, 0.25) is 5.78 Å². The summed E-state index contributed by atoms with van der Waals surface area (Å²) < 4.78 is 1.79. The first kappa shape index (κ1) is 16.4. The smallest absolute Gasteiger partial charge is 0.203 e. The van der Waals surface area contributed by atoms with Crippen LogP contribution in [0.1, 0.15) is 23.5 Å². The van der Waals surface area contributed by atoms with E-state index in [1.165, 1.54) is 0 Å². The van der Waals surface area contributed by atoms with Gasteiger partial charge in [0.15, 0.2) is 11.6 Å². The van der Waals surface area contributed by atoms with Crippen LogP contribution in [0.2, 0.25) is 0 Å². The fourth-order valence-corrected chi connectivity index (χ4v) is 3.44. The van der Waals surface area contributed by atoms with E-state index in [0.29, 0.717) is 12.4 Å². The molecule has 2 aromatic heterocycles. The topological polar surface area (TPSA) is 63.9 Å². The van der Waals surface area contributed by atoms with Crippen molar-refractivity contribution in [2.75, 3.05) is 18.0 Å². The van der Waals surface area contributed by atoms with E-state index in [-0.39, 0.29) is 11.7 Å². The Morgan fingerprint density at radius 2 is 1.96 bits per heavy atom. The summed E-state index contributed by atoms with van der Waals surface area (Å²) in [5.74, 6) is 1.40. The van der Waals surface area contributed by atoms with Gasteiger partial charge in [-0.1, -0.05) is 30.3 Å². The van der Waals surface area contributed by atoms with E-state index < -0.39 is 0 Å². The second-order valence-corrected chi connectivity index (χ2v) is 6.65. The lowest BCUT2D eigenvalue weighted by molar-refractivity contribution is 0.0893. The minimum atomic E-state index is -0.0551. The summed E-state index contributed by atoms with van der Waals surface area (Å²) in [5, 5.41) is 8.76. The summed E-state index contributed by atoms with van der Waals surface area (Å²) >= 11 is 0. The number of piperidine rings is 1. The number of hydrogen-bond donors (Lipinski definition) is 0. The fourth-order valence-electron chi connectivity index (χ4n) is 3.44. The molecule has 3 aromatic rings. The predicted octanol–water partition coefficient (Wildman–Crippen LogP) is 2.98. The lowest BCUT2D eigenvalue weighted by atomic mass is 9.93. The van der Waals surface area contributed by atoms with Crippen molar-refractivity contribution >= 4 is 11.6 Å². The quantitative estimate of drug-likeness (QED) is 0.679. The van der Waals surface area contributed by atoms with Crippen LogP contribution in [0.25, 0.3) is 11.3 Å². The van der Waals surface area contributed by atoms with Crippen LogP contribution >= 0.6 is 0 Å². The molecule has 0 N–H and O–H groups in total. The third kappa shape index (κ3) is 3.22. The molecule has 6 nitrogen and oxygen atoms in total. The Kier molecular flexibility index (Phi) is 4.48. The fraction of sp³-hybridized carbons (Fsp3) is 0.300. The summed E-state index contributed by atoms with van der Waals surface area (Å²) in [4.78, 5) is 19.1. The first-order chi connectivity index (χ1) is 12.7. The van der Waals surface area contributed by atoms with E-state index in [2.05, 4.69) is 20.1 Å². The van der Waals surface area contributed by atoms with Crippen LogP contribution in [0.3, 0.4) is 0 Å². The van der Waals surface area contributed by atoms with Gasteiger partial charge in [-0.15, -0.1) is 10.2 Å². The highest BCUT2D eigenvalue weighted by Gasteiger charge is 2.29. The molecule has 3 heterocycles. The van der Waals surface area contributed by atoms with Gasteiger partial charge in [0, 0.05) is 44.0 Å². The maximum absolute atomic E-state index is 12.8. The van der Waals surface area contributed by atoms with E-state index in [1.54, 1.807) is 10.8 Å². The molecule has 0 bridgehead atoms. The molecule has 1 fully saturated rings. The molecule has 6 heteroatoms. The lowest BCUT2D eigenvalue weighted by Gasteiger charge is -2.32. The molecule has 1 aliphatic rings. The summed E-state index contributed by atoms with van der Waals surface area (Å²) in [6.07, 6.45) is 5.32. The number of carbonyl (C=O) groups excluding carboxylic acids is 1. The summed E-state index contributed by atoms with van der Waals surface area (Å²) in [7, 11) is 1.86. The highest BCUT2D eigenvalue weighted by atomic mass is 16.1. The van der Waals surface area contributed by atoms with Crippen molar-refractivity contribution < 1.29 is 4.79 Å². The summed E-state index contributed by atoms with van der Waals surface area (Å²) in [6.45, 7) is 1.55. The molecule has 1 aliphatic heterocycles. The standard InChI is InChI=1S/C20H21N5O/c1-24-13-11-21-20(24)19(26)16-8-5-12-25(14-16)18-10-9-17(22-23-18)15-6-3-2-4-7-15/h2-4,6-7,9-11,13,16H,5,8,12,14H2,1H3/t16-/m0/s1. The SMILES string of the molecule is Cn1ccnc1C(=O)[C@H]1CCCN(c2ccc(-c3ccccc3)nn2)C1. The number of hydrogen-bond acceptors (Lipinski definition) is 5. The number of ketones is 1. The average molecular weight is 347 g/mol. The number of nitrogens with zero attached hydrogens (tertiary/aromatic N) is 5. The van der Waals surface area contributed by atoms with Gasteiger partial charge in [-0.3, -0.25) is 4.79 Å². The molecule has 0 amide bonds. The van der Waals surface area contributed by atoms with Crippen LogP contribution in [0.4, 0.5) is 5.82 Å². The van der Waals surface area contributed by atoms with Crippen molar-refractivity contribution in [3.63, 3.8) is 0 Å². The summed E-state index contributed by atoms with van der Waals surface area (Å²) in [6, 6.07) is 14.0. The molecule has 1 saturated heterocycles. The number of aryl methyl sites for hydroxylation is 1. The van der Waals surface area contributed by atoms with Crippen LogP contribution in [-0.2, 0) is 7.05 Å². The molecule has 0 radical (unpaired) electrons. The van der Waals surface area contributed by atoms with Gasteiger partial charge in [0.1, 0.15) is 0 Å². The van der Waals surface area contributed by atoms with Crippen LogP contribution in [0.5, 0.6) is 0 Å². The highest BCUT2D eigenvalue weighted by molar-refractivity contribution is 5.95. The number of rotatable bonds is 4. The highest BCUT2D eigenvalue weighted by Crippen LogP contribution is 2.25. The molecule has 0 unspecified atom stereocenters. The Hall–Kier alpha value is -3.02. The van der Waals surface area contributed by atoms with Crippen LogP contribution in [-0.4, -0.2) is 38.6 Å². The molecule has 4 rings (SSSR count). The van der Waals surface area contributed by atoms with Crippen LogP contribution in [0, 0.1) is 5.92 Å². The molecule has 132 valence electrons. The Balaban J connectivity index is 1.49. The third-order valence-electron chi connectivity index (χ3n) is 4.88. The number of aromatic nitrogens is 4. The van der Waals surface area contributed by atoms with Gasteiger partial charge in [0.25, 0.3) is 0 Å². The van der Waals surface area contributed by atoms with Crippen molar-refractivity contribution in [1.82, 2.24) is 19.7 Å². The van der Waals surface area contributed by atoms with Crippen molar-refractivity contribution in [3.05, 3.63) is 60.7 Å². The van der Waals surface area contributed by atoms with Gasteiger partial charge in [0.05, 0.1) is 5.69 Å². The van der Waals surface area contributed by atoms with Gasteiger partial charge >= 0.3 is 0 Å². The number of anilines is 1. The Morgan fingerprint density at radius 1 is 1.12 bits per heavy atom. The lowest BCUT2D eigenvalue weighted by Crippen LogP contribution is -2.39. The van der Waals surface area contributed by atoms with E-state index in [1.807, 2.05) is 55.7 Å². The minimum absolute atomic E-state index is 0.0551. The second kappa shape index (κ2) is 7.07. The van der Waals surface area contributed by atoms with Gasteiger partial charge < -0.3 is 9.47 Å². The Morgan fingerprint density at radius 3 is 2.65 bits per heavy atom. The molecule has 0 spiro atoms. The molecule has 26 heavy (non-hydrogen) atoms. The normalized spacial score (nSPS) is 17.3. The predicted molar refractivity (Wildman–Crippen MR) is 99.9 cm³/mol. The van der Waals surface area contributed by atoms with Crippen LogP contribution in [0.15, 0.2) is 54.9 Å². The molecule has 0 saturated carbocycles. The maximum atomic E-state index is 12.8. The van der Waals surface area contributed by atoms with Gasteiger partial charge in [-0.25, -0.2) is 4.98 Å². The zero-order valence-electron chi connectivity index (χ0n) is 14.7. The van der Waals surface area contributed by atoms with Crippen LogP contribution < -0.4 is 4.90 Å². The Bertz CT molecular complexity index is 888. The molecular weight excluding hydrogens is 326 g/mol. The van der Waals surface area contributed by atoms with E-state index in [9.17, 15) is 4.79 Å². The van der Waals surface area contributed by atoms with Crippen molar-refractivity contribution in [2.24, 2.45) is 13.0 Å². The molecule has 0 aliphatic carbocycles. The largest absolute Gasteiger partial charge is 0.354 e. The Labute approximate surface area is 152 Å². The zero-order chi connectivity index (χ0) is 17.9.